The monoisotopic (exact) mass is 313 g/mol. The largest absolute Gasteiger partial charge is 0.497 e. The predicted molar refractivity (Wildman–Crippen MR) is 84.6 cm³/mol. The Balaban J connectivity index is 2.21. The van der Waals surface area contributed by atoms with Gasteiger partial charge >= 0.3 is 0 Å². The molecule has 102 valence electrons. The van der Waals surface area contributed by atoms with E-state index in [-0.39, 0.29) is 11.3 Å². The number of nitrogens with two attached hydrogens (primary N) is 1. The first-order valence-corrected chi connectivity index (χ1v) is 7.99. The van der Waals surface area contributed by atoms with Gasteiger partial charge < -0.3 is 10.5 Å². The number of benzene rings is 1. The van der Waals surface area contributed by atoms with Crippen molar-refractivity contribution < 1.29 is 4.74 Å². The maximum atomic E-state index is 6.11. The second kappa shape index (κ2) is 6.66. The van der Waals surface area contributed by atoms with Crippen LogP contribution in [-0.2, 0) is 0 Å². The molecule has 0 saturated carbocycles. The van der Waals surface area contributed by atoms with Crippen molar-refractivity contribution in [2.24, 2.45) is 5.73 Å². The van der Waals surface area contributed by atoms with E-state index in [0.29, 0.717) is 0 Å². The molecule has 5 heteroatoms. The Labute approximate surface area is 126 Å². The zero-order chi connectivity index (χ0) is 13.8. The van der Waals surface area contributed by atoms with E-state index in [1.54, 1.807) is 30.2 Å². The van der Waals surface area contributed by atoms with Crippen molar-refractivity contribution >= 4 is 34.7 Å². The number of ether oxygens (including phenoxy) is 1. The van der Waals surface area contributed by atoms with Crippen molar-refractivity contribution in [3.8, 4) is 5.75 Å². The molecule has 0 amide bonds. The summed E-state index contributed by atoms with van der Waals surface area (Å²) in [6.07, 6.45) is 0. The number of thioether (sulfide) groups is 1. The summed E-state index contributed by atoms with van der Waals surface area (Å²) < 4.78 is 6.04. The Morgan fingerprint density at radius 3 is 2.68 bits per heavy atom. The summed E-state index contributed by atoms with van der Waals surface area (Å²) in [7, 11) is 1.67. The van der Waals surface area contributed by atoms with Gasteiger partial charge in [-0.2, -0.15) is 0 Å². The second-order valence-corrected chi connectivity index (χ2v) is 7.18. The maximum Gasteiger partial charge on any atom is 0.119 e. The Bertz CT molecular complexity index is 542. The minimum absolute atomic E-state index is 0.0471. The normalized spacial score (nSPS) is 14.1. The molecule has 0 saturated heterocycles. The number of hydrogen-bond acceptors (Lipinski definition) is 4. The van der Waals surface area contributed by atoms with Gasteiger partial charge in [0.05, 0.1) is 16.7 Å². The van der Waals surface area contributed by atoms with E-state index in [9.17, 15) is 0 Å². The Morgan fingerprint density at radius 1 is 1.32 bits per heavy atom. The third kappa shape index (κ3) is 3.89. The summed E-state index contributed by atoms with van der Waals surface area (Å²) in [6, 6.07) is 12.0. The molecule has 2 unspecified atom stereocenters. The van der Waals surface area contributed by atoms with Gasteiger partial charge in [0.2, 0.25) is 0 Å². The van der Waals surface area contributed by atoms with E-state index in [4.69, 9.17) is 22.1 Å². The Kier molecular flexibility index (Phi) is 5.16. The summed E-state index contributed by atoms with van der Waals surface area (Å²) >= 11 is 9.33. The molecule has 0 bridgehead atoms. The molecule has 19 heavy (non-hydrogen) atoms. The van der Waals surface area contributed by atoms with Gasteiger partial charge in [0.15, 0.2) is 0 Å². The van der Waals surface area contributed by atoms with Crippen LogP contribution in [0.5, 0.6) is 5.75 Å². The predicted octanol–water partition coefficient (Wildman–Crippen LogP) is 4.59. The maximum absolute atomic E-state index is 6.11. The minimum atomic E-state index is 0.0471. The first-order chi connectivity index (χ1) is 9.10. The topological polar surface area (TPSA) is 35.2 Å². The van der Waals surface area contributed by atoms with Gasteiger partial charge in [0.1, 0.15) is 5.75 Å². The van der Waals surface area contributed by atoms with Crippen molar-refractivity contribution in [1.82, 2.24) is 0 Å². The van der Waals surface area contributed by atoms with Gasteiger partial charge in [-0.05, 0) is 37.3 Å². The van der Waals surface area contributed by atoms with Gasteiger partial charge in [-0.3, -0.25) is 0 Å². The van der Waals surface area contributed by atoms with Crippen molar-refractivity contribution in [1.29, 1.82) is 0 Å². The average Bonchev–Trinajstić information content (AvgIpc) is 2.82. The molecule has 1 aromatic carbocycles. The van der Waals surface area contributed by atoms with Crippen LogP contribution in [0.15, 0.2) is 41.3 Å². The van der Waals surface area contributed by atoms with E-state index in [1.807, 2.05) is 37.3 Å². The molecule has 0 fully saturated rings. The molecule has 1 aromatic heterocycles. The molecule has 0 aliphatic carbocycles. The minimum Gasteiger partial charge on any atom is -0.497 e. The quantitative estimate of drug-likeness (QED) is 0.820. The van der Waals surface area contributed by atoms with Crippen LogP contribution in [0.2, 0.25) is 4.34 Å². The van der Waals surface area contributed by atoms with E-state index < -0.39 is 0 Å². The highest BCUT2D eigenvalue weighted by Gasteiger charge is 2.19. The van der Waals surface area contributed by atoms with Crippen LogP contribution in [0.3, 0.4) is 0 Å². The molecule has 2 atom stereocenters. The SMILES string of the molecule is COc1cccc(SC(c2ccc(Cl)s2)C(C)N)c1. The lowest BCUT2D eigenvalue weighted by Gasteiger charge is -2.19. The lowest BCUT2D eigenvalue weighted by atomic mass is 10.2. The standard InChI is InChI=1S/C14H16ClNOS2/c1-9(16)14(12-6-7-13(15)19-12)18-11-5-3-4-10(8-11)17-2/h3-9,14H,16H2,1-2H3. The molecular weight excluding hydrogens is 298 g/mol. The number of methoxy groups -OCH3 is 1. The molecule has 0 radical (unpaired) electrons. The third-order valence-corrected chi connectivity index (χ3v) is 5.58. The van der Waals surface area contributed by atoms with Gasteiger partial charge in [0.25, 0.3) is 0 Å². The molecule has 2 aromatic rings. The fourth-order valence-electron chi connectivity index (χ4n) is 1.73. The van der Waals surface area contributed by atoms with Crippen LogP contribution in [0.25, 0.3) is 0 Å². The van der Waals surface area contributed by atoms with E-state index in [2.05, 4.69) is 6.07 Å². The van der Waals surface area contributed by atoms with Crippen molar-refractivity contribution in [2.75, 3.05) is 7.11 Å². The molecule has 0 aliphatic rings. The highest BCUT2D eigenvalue weighted by Crippen LogP contribution is 2.41. The van der Waals surface area contributed by atoms with Crippen LogP contribution in [0.4, 0.5) is 0 Å². The second-order valence-electron chi connectivity index (χ2n) is 4.22. The lowest BCUT2D eigenvalue weighted by Crippen LogP contribution is -2.21. The summed E-state index contributed by atoms with van der Waals surface area (Å²) in [4.78, 5) is 2.35. The smallest absolute Gasteiger partial charge is 0.119 e. The highest BCUT2D eigenvalue weighted by atomic mass is 35.5. The summed E-state index contributed by atoms with van der Waals surface area (Å²) in [5.41, 5.74) is 6.11. The van der Waals surface area contributed by atoms with Crippen LogP contribution in [0, 0.1) is 0 Å². The van der Waals surface area contributed by atoms with E-state index in [0.717, 1.165) is 15.0 Å². The van der Waals surface area contributed by atoms with Crippen LogP contribution in [-0.4, -0.2) is 13.2 Å². The van der Waals surface area contributed by atoms with Crippen molar-refractivity contribution in [3.05, 3.63) is 45.6 Å². The molecule has 0 spiro atoms. The molecule has 0 aliphatic heterocycles. The van der Waals surface area contributed by atoms with E-state index in [1.165, 1.54) is 4.88 Å². The fourth-order valence-corrected chi connectivity index (χ4v) is 4.22. The molecule has 2 rings (SSSR count). The van der Waals surface area contributed by atoms with E-state index >= 15 is 0 Å². The zero-order valence-corrected chi connectivity index (χ0v) is 13.2. The van der Waals surface area contributed by atoms with Gasteiger partial charge in [-0.15, -0.1) is 23.1 Å². The first-order valence-electron chi connectivity index (χ1n) is 5.91. The molecule has 2 N–H and O–H groups in total. The van der Waals surface area contributed by atoms with Crippen molar-refractivity contribution in [2.45, 2.75) is 23.1 Å². The molecule has 2 nitrogen and oxygen atoms in total. The Morgan fingerprint density at radius 2 is 2.11 bits per heavy atom. The van der Waals surface area contributed by atoms with Gasteiger partial charge in [-0.1, -0.05) is 17.7 Å². The summed E-state index contributed by atoms with van der Waals surface area (Å²) in [5, 5.41) is 0.199. The average molecular weight is 314 g/mol. The fraction of sp³-hybridized carbons (Fsp3) is 0.286. The molecular formula is C14H16ClNOS2. The first kappa shape index (κ1) is 14.7. The van der Waals surface area contributed by atoms with Gasteiger partial charge in [0, 0.05) is 15.8 Å². The van der Waals surface area contributed by atoms with Crippen LogP contribution < -0.4 is 10.5 Å². The van der Waals surface area contributed by atoms with Crippen molar-refractivity contribution in [3.63, 3.8) is 0 Å². The Hall–Kier alpha value is -0.680. The lowest BCUT2D eigenvalue weighted by molar-refractivity contribution is 0.413. The summed E-state index contributed by atoms with van der Waals surface area (Å²) in [6.45, 7) is 2.02. The number of halogens is 1. The van der Waals surface area contributed by atoms with Crippen LogP contribution >= 0.6 is 34.7 Å². The zero-order valence-electron chi connectivity index (χ0n) is 10.8. The third-order valence-electron chi connectivity index (χ3n) is 2.66. The number of thiophene rings is 1. The summed E-state index contributed by atoms with van der Waals surface area (Å²) in [5.74, 6) is 0.859. The highest BCUT2D eigenvalue weighted by molar-refractivity contribution is 7.99. The van der Waals surface area contributed by atoms with Crippen LogP contribution in [0.1, 0.15) is 17.1 Å². The molecule has 1 heterocycles. The van der Waals surface area contributed by atoms with Gasteiger partial charge in [-0.25, -0.2) is 0 Å². The number of hydrogen-bond donors (Lipinski definition) is 1. The number of rotatable bonds is 5.